The minimum absolute atomic E-state index is 0.0899. The third-order valence-corrected chi connectivity index (χ3v) is 8.46. The molecular weight excluding hydrogens is 420 g/mol. The van der Waals surface area contributed by atoms with Gasteiger partial charge in [-0.15, -0.1) is 11.8 Å². The fraction of sp³-hybridized carbons (Fsp3) is 0.654. The fourth-order valence-electron chi connectivity index (χ4n) is 5.05. The van der Waals surface area contributed by atoms with Crippen molar-refractivity contribution in [1.82, 2.24) is 10.2 Å². The topological polar surface area (TPSA) is 66.5 Å². The molecule has 1 aliphatic carbocycles. The fourth-order valence-corrected chi connectivity index (χ4v) is 6.14. The lowest BCUT2D eigenvalue weighted by Gasteiger charge is -2.29. The molecule has 0 bridgehead atoms. The SMILES string of the molecule is C[C@@H](CCCCCCCCSc1cccc2c1CN(C1CCC(=O)NC1=O)C2=O)C1CC1. The van der Waals surface area contributed by atoms with Gasteiger partial charge in [-0.25, -0.2) is 0 Å². The number of piperidine rings is 1. The van der Waals surface area contributed by atoms with E-state index in [-0.39, 0.29) is 24.1 Å². The van der Waals surface area contributed by atoms with Gasteiger partial charge in [0, 0.05) is 23.4 Å². The van der Waals surface area contributed by atoms with Crippen LogP contribution in [-0.2, 0) is 16.1 Å². The number of benzene rings is 1. The molecule has 1 N–H and O–H groups in total. The maximum atomic E-state index is 12.9. The Bertz CT molecular complexity index is 851. The van der Waals surface area contributed by atoms with E-state index in [9.17, 15) is 14.4 Å². The molecule has 4 rings (SSSR count). The van der Waals surface area contributed by atoms with Crippen LogP contribution in [0.2, 0.25) is 0 Å². The Morgan fingerprint density at radius 1 is 1.03 bits per heavy atom. The number of hydrogen-bond donors (Lipinski definition) is 1. The highest BCUT2D eigenvalue weighted by Crippen LogP contribution is 2.39. The van der Waals surface area contributed by atoms with Crippen molar-refractivity contribution < 1.29 is 14.4 Å². The van der Waals surface area contributed by atoms with Crippen LogP contribution in [0.5, 0.6) is 0 Å². The third-order valence-electron chi connectivity index (χ3n) is 7.28. The molecule has 3 aliphatic rings. The summed E-state index contributed by atoms with van der Waals surface area (Å²) in [4.78, 5) is 39.4. The molecule has 0 radical (unpaired) electrons. The molecule has 3 amide bonds. The Labute approximate surface area is 196 Å². The molecule has 2 fully saturated rings. The first kappa shape index (κ1) is 23.3. The van der Waals surface area contributed by atoms with Crippen molar-refractivity contribution in [3.63, 3.8) is 0 Å². The zero-order valence-electron chi connectivity index (χ0n) is 19.2. The predicted molar refractivity (Wildman–Crippen MR) is 127 cm³/mol. The van der Waals surface area contributed by atoms with Crippen molar-refractivity contribution in [2.75, 3.05) is 5.75 Å². The number of fused-ring (bicyclic) bond motifs is 1. The van der Waals surface area contributed by atoms with Crippen molar-refractivity contribution in [2.24, 2.45) is 11.8 Å². The van der Waals surface area contributed by atoms with Crippen LogP contribution in [0.15, 0.2) is 23.1 Å². The number of unbranched alkanes of at least 4 members (excludes halogenated alkanes) is 5. The molecule has 174 valence electrons. The summed E-state index contributed by atoms with van der Waals surface area (Å²) in [7, 11) is 0. The minimum Gasteiger partial charge on any atom is -0.322 e. The monoisotopic (exact) mass is 456 g/mol. The second-order valence-corrected chi connectivity index (χ2v) is 10.9. The average Bonchev–Trinajstić information content (AvgIpc) is 3.57. The van der Waals surface area contributed by atoms with E-state index in [1.807, 2.05) is 23.9 Å². The van der Waals surface area contributed by atoms with Gasteiger partial charge in [0.05, 0.1) is 0 Å². The minimum atomic E-state index is -0.544. The first-order valence-electron chi connectivity index (χ1n) is 12.4. The maximum absolute atomic E-state index is 12.9. The summed E-state index contributed by atoms with van der Waals surface area (Å²) >= 11 is 1.83. The van der Waals surface area contributed by atoms with Gasteiger partial charge >= 0.3 is 0 Å². The Kier molecular flexibility index (Phi) is 7.93. The van der Waals surface area contributed by atoms with Gasteiger partial charge in [0.1, 0.15) is 6.04 Å². The number of hydrogen-bond acceptors (Lipinski definition) is 4. The van der Waals surface area contributed by atoms with Crippen molar-refractivity contribution in [3.8, 4) is 0 Å². The van der Waals surface area contributed by atoms with Gasteiger partial charge in [0.2, 0.25) is 11.8 Å². The summed E-state index contributed by atoms with van der Waals surface area (Å²) in [6.07, 6.45) is 12.9. The molecule has 32 heavy (non-hydrogen) atoms. The highest BCUT2D eigenvalue weighted by atomic mass is 32.2. The highest BCUT2D eigenvalue weighted by molar-refractivity contribution is 7.99. The van der Waals surface area contributed by atoms with E-state index in [4.69, 9.17) is 0 Å². The number of thioether (sulfide) groups is 1. The average molecular weight is 457 g/mol. The molecule has 0 spiro atoms. The van der Waals surface area contributed by atoms with Crippen LogP contribution in [0.3, 0.4) is 0 Å². The summed E-state index contributed by atoms with van der Waals surface area (Å²) in [5.41, 5.74) is 1.75. The maximum Gasteiger partial charge on any atom is 0.255 e. The van der Waals surface area contributed by atoms with Gasteiger partial charge in [-0.1, -0.05) is 51.5 Å². The van der Waals surface area contributed by atoms with E-state index in [0.29, 0.717) is 18.5 Å². The molecule has 1 aromatic rings. The molecule has 1 aromatic carbocycles. The standard InChI is InChI=1S/C26H36N2O3S/c1-18(19-12-13-19)9-6-4-2-3-5-7-16-32-23-11-8-10-20-21(23)17-28(26(20)31)22-14-15-24(29)27-25(22)30/h8,10-11,18-19,22H,2-7,9,12-17H2,1H3,(H,27,29,30)/t18-,22?/m0/s1. The number of carbonyl (C=O) groups is 3. The van der Waals surface area contributed by atoms with E-state index in [0.717, 1.165) is 28.0 Å². The van der Waals surface area contributed by atoms with Crippen molar-refractivity contribution in [1.29, 1.82) is 0 Å². The zero-order valence-corrected chi connectivity index (χ0v) is 20.1. The molecule has 1 saturated heterocycles. The molecule has 2 heterocycles. The summed E-state index contributed by atoms with van der Waals surface area (Å²) in [5.74, 6) is 2.35. The molecular formula is C26H36N2O3S. The van der Waals surface area contributed by atoms with Crippen LogP contribution < -0.4 is 5.32 Å². The number of amides is 3. The molecule has 0 aromatic heterocycles. The summed E-state index contributed by atoms with van der Waals surface area (Å²) < 4.78 is 0. The molecule has 2 aliphatic heterocycles. The smallest absolute Gasteiger partial charge is 0.255 e. The number of carbonyl (C=O) groups excluding carboxylic acids is 3. The van der Waals surface area contributed by atoms with Gasteiger partial charge in [0.15, 0.2) is 0 Å². The Morgan fingerprint density at radius 2 is 1.78 bits per heavy atom. The lowest BCUT2D eigenvalue weighted by Crippen LogP contribution is -2.52. The van der Waals surface area contributed by atoms with E-state index in [1.165, 1.54) is 57.8 Å². The lowest BCUT2D eigenvalue weighted by molar-refractivity contribution is -0.136. The van der Waals surface area contributed by atoms with Gasteiger partial charge in [-0.2, -0.15) is 0 Å². The molecule has 5 nitrogen and oxygen atoms in total. The summed E-state index contributed by atoms with van der Waals surface area (Å²) in [6, 6.07) is 5.34. The van der Waals surface area contributed by atoms with E-state index in [1.54, 1.807) is 4.90 Å². The summed E-state index contributed by atoms with van der Waals surface area (Å²) in [6.45, 7) is 2.88. The van der Waals surface area contributed by atoms with Crippen LogP contribution in [0, 0.1) is 11.8 Å². The van der Waals surface area contributed by atoms with Crippen molar-refractivity contribution in [3.05, 3.63) is 29.3 Å². The molecule has 6 heteroatoms. The van der Waals surface area contributed by atoms with Gasteiger partial charge < -0.3 is 4.90 Å². The van der Waals surface area contributed by atoms with E-state index in [2.05, 4.69) is 18.3 Å². The first-order valence-corrected chi connectivity index (χ1v) is 13.4. The van der Waals surface area contributed by atoms with Gasteiger partial charge in [0.25, 0.3) is 5.91 Å². The van der Waals surface area contributed by atoms with Crippen LogP contribution in [0.25, 0.3) is 0 Å². The largest absolute Gasteiger partial charge is 0.322 e. The number of rotatable bonds is 12. The zero-order chi connectivity index (χ0) is 22.5. The van der Waals surface area contributed by atoms with E-state index >= 15 is 0 Å². The number of nitrogens with one attached hydrogen (secondary N) is 1. The first-order chi connectivity index (χ1) is 15.5. The highest BCUT2D eigenvalue weighted by Gasteiger charge is 2.39. The Hall–Kier alpha value is -1.82. The predicted octanol–water partition coefficient (Wildman–Crippen LogP) is 5.32. The lowest BCUT2D eigenvalue weighted by atomic mass is 9.98. The molecule has 2 atom stereocenters. The van der Waals surface area contributed by atoms with Crippen molar-refractivity contribution >= 4 is 29.5 Å². The van der Waals surface area contributed by atoms with Crippen LogP contribution in [-0.4, -0.2) is 34.4 Å². The number of imide groups is 1. The van der Waals surface area contributed by atoms with Crippen LogP contribution >= 0.6 is 11.8 Å². The third kappa shape index (κ3) is 5.75. The van der Waals surface area contributed by atoms with Crippen molar-refractivity contribution in [2.45, 2.75) is 95.0 Å². The molecule has 1 unspecified atom stereocenters. The van der Waals surface area contributed by atoms with E-state index < -0.39 is 6.04 Å². The van der Waals surface area contributed by atoms with Crippen LogP contribution in [0.4, 0.5) is 0 Å². The Morgan fingerprint density at radius 3 is 2.53 bits per heavy atom. The second-order valence-electron chi connectivity index (χ2n) is 9.76. The normalized spacial score (nSPS) is 21.6. The Balaban J connectivity index is 1.17. The number of nitrogens with zero attached hydrogens (tertiary/aromatic N) is 1. The second kappa shape index (κ2) is 10.9. The van der Waals surface area contributed by atoms with Crippen LogP contribution in [0.1, 0.15) is 93.5 Å². The summed E-state index contributed by atoms with van der Waals surface area (Å²) in [5, 5.41) is 2.37. The quantitative estimate of drug-likeness (QED) is 0.263. The van der Waals surface area contributed by atoms with Gasteiger partial charge in [-0.3, -0.25) is 19.7 Å². The van der Waals surface area contributed by atoms with Gasteiger partial charge in [-0.05, 0) is 61.0 Å². The molecule has 1 saturated carbocycles.